The summed E-state index contributed by atoms with van der Waals surface area (Å²) in [6, 6.07) is 10.5. The van der Waals surface area contributed by atoms with Crippen LogP contribution < -0.4 is 4.90 Å². The summed E-state index contributed by atoms with van der Waals surface area (Å²) < 4.78 is 42.5. The first kappa shape index (κ1) is 21.6. The molecule has 7 heteroatoms. The molecule has 2 aromatic rings. The van der Waals surface area contributed by atoms with E-state index in [0.29, 0.717) is 43.1 Å². The lowest BCUT2D eigenvalue weighted by Gasteiger charge is -2.36. The number of rotatable bonds is 3. The van der Waals surface area contributed by atoms with Crippen LogP contribution in [0.3, 0.4) is 0 Å². The summed E-state index contributed by atoms with van der Waals surface area (Å²) in [5.41, 5.74) is 3.69. The molecule has 0 unspecified atom stereocenters. The van der Waals surface area contributed by atoms with Crippen molar-refractivity contribution in [1.29, 1.82) is 0 Å². The molecule has 1 aliphatic carbocycles. The third-order valence-corrected chi connectivity index (χ3v) is 9.09. The number of aryl methyl sites for hydroxylation is 3. The van der Waals surface area contributed by atoms with Crippen molar-refractivity contribution in [3.63, 3.8) is 0 Å². The minimum Gasteiger partial charge on any atom is -0.309 e. The van der Waals surface area contributed by atoms with Gasteiger partial charge in [-0.2, -0.15) is 4.31 Å². The van der Waals surface area contributed by atoms with Crippen molar-refractivity contribution in [2.45, 2.75) is 56.3 Å². The standard InChI is InChI=1S/C25H29FN2O3S/c26-23-9-3-7-19-8-4-14-28(24(19)23)25(29)20-12-15-27(16-13-20)32(30,31)22-11-10-18-5-1-2-6-21(18)17-22/h3,7,9-11,17,20H,1-2,4-6,8,12-16H2. The first-order valence-corrected chi connectivity index (χ1v) is 13.1. The van der Waals surface area contributed by atoms with Crippen LogP contribution in [0, 0.1) is 11.7 Å². The van der Waals surface area contributed by atoms with E-state index in [1.807, 2.05) is 18.2 Å². The second kappa shape index (κ2) is 8.60. The summed E-state index contributed by atoms with van der Waals surface area (Å²) in [5, 5.41) is 0. The number of benzene rings is 2. The number of anilines is 1. The fourth-order valence-electron chi connectivity index (χ4n) is 5.41. The van der Waals surface area contributed by atoms with Crippen molar-refractivity contribution < 1.29 is 17.6 Å². The normalized spacial score (nSPS) is 20.0. The monoisotopic (exact) mass is 456 g/mol. The Kier molecular flexibility index (Phi) is 5.80. The lowest BCUT2D eigenvalue weighted by atomic mass is 9.92. The van der Waals surface area contributed by atoms with Crippen molar-refractivity contribution in [2.24, 2.45) is 5.92 Å². The number of carbonyl (C=O) groups excluding carboxylic acids is 1. The number of hydrogen-bond acceptors (Lipinski definition) is 3. The Labute approximate surface area is 189 Å². The van der Waals surface area contributed by atoms with Crippen LogP contribution in [0.15, 0.2) is 41.3 Å². The molecule has 3 aliphatic rings. The van der Waals surface area contributed by atoms with Gasteiger partial charge in [0.15, 0.2) is 0 Å². The number of amides is 1. The summed E-state index contributed by atoms with van der Waals surface area (Å²) in [4.78, 5) is 15.2. The highest BCUT2D eigenvalue weighted by Gasteiger charge is 2.36. The number of hydrogen-bond donors (Lipinski definition) is 0. The Balaban J connectivity index is 1.29. The fourth-order valence-corrected chi connectivity index (χ4v) is 6.93. The molecule has 0 bridgehead atoms. The molecule has 32 heavy (non-hydrogen) atoms. The van der Waals surface area contributed by atoms with Crippen LogP contribution in [-0.2, 0) is 34.1 Å². The summed E-state index contributed by atoms with van der Waals surface area (Å²) in [6.07, 6.45) is 6.72. The predicted octanol–water partition coefficient (Wildman–Crippen LogP) is 4.08. The van der Waals surface area contributed by atoms with E-state index in [9.17, 15) is 17.6 Å². The van der Waals surface area contributed by atoms with Crippen molar-refractivity contribution >= 4 is 21.6 Å². The van der Waals surface area contributed by atoms with E-state index in [2.05, 4.69) is 0 Å². The van der Waals surface area contributed by atoms with Crippen LogP contribution >= 0.6 is 0 Å². The van der Waals surface area contributed by atoms with E-state index in [1.54, 1.807) is 17.0 Å². The molecule has 170 valence electrons. The highest BCUT2D eigenvalue weighted by molar-refractivity contribution is 7.89. The van der Waals surface area contributed by atoms with Gasteiger partial charge >= 0.3 is 0 Å². The summed E-state index contributed by atoms with van der Waals surface area (Å²) >= 11 is 0. The van der Waals surface area contributed by atoms with Crippen LogP contribution in [0.4, 0.5) is 10.1 Å². The average Bonchev–Trinajstić information content (AvgIpc) is 2.83. The van der Waals surface area contributed by atoms with Crippen LogP contribution in [0.1, 0.15) is 48.8 Å². The summed E-state index contributed by atoms with van der Waals surface area (Å²) in [7, 11) is -3.58. The highest BCUT2D eigenvalue weighted by atomic mass is 32.2. The third kappa shape index (κ3) is 3.86. The topological polar surface area (TPSA) is 57.7 Å². The largest absolute Gasteiger partial charge is 0.309 e. The van der Waals surface area contributed by atoms with Gasteiger partial charge in [-0.25, -0.2) is 12.8 Å². The molecular formula is C25H29FN2O3S. The van der Waals surface area contributed by atoms with Crippen molar-refractivity contribution in [3.05, 3.63) is 58.9 Å². The number of nitrogens with zero attached hydrogens (tertiary/aromatic N) is 2. The van der Waals surface area contributed by atoms with E-state index < -0.39 is 10.0 Å². The lowest BCUT2D eigenvalue weighted by molar-refractivity contribution is -0.123. The fraction of sp³-hybridized carbons (Fsp3) is 0.480. The van der Waals surface area contributed by atoms with E-state index in [1.165, 1.54) is 15.9 Å². The van der Waals surface area contributed by atoms with E-state index >= 15 is 0 Å². The maximum absolute atomic E-state index is 14.5. The molecular weight excluding hydrogens is 427 g/mol. The Morgan fingerprint density at radius 2 is 1.59 bits per heavy atom. The smallest absolute Gasteiger partial charge is 0.243 e. The zero-order valence-corrected chi connectivity index (χ0v) is 19.0. The Morgan fingerprint density at radius 1 is 0.875 bits per heavy atom. The second-order valence-corrected chi connectivity index (χ2v) is 11.1. The molecule has 1 saturated heterocycles. The van der Waals surface area contributed by atoms with Gasteiger partial charge in [0.1, 0.15) is 5.82 Å². The average molecular weight is 457 g/mol. The van der Waals surface area contributed by atoms with Gasteiger partial charge < -0.3 is 4.90 Å². The maximum atomic E-state index is 14.5. The van der Waals surface area contributed by atoms with Crippen LogP contribution in [0.25, 0.3) is 0 Å². The minimum atomic E-state index is -3.58. The number of fused-ring (bicyclic) bond motifs is 2. The lowest BCUT2D eigenvalue weighted by Crippen LogP contribution is -2.46. The Morgan fingerprint density at radius 3 is 2.38 bits per heavy atom. The van der Waals surface area contributed by atoms with Crippen molar-refractivity contribution in [2.75, 3.05) is 24.5 Å². The highest BCUT2D eigenvalue weighted by Crippen LogP contribution is 2.34. The predicted molar refractivity (Wildman–Crippen MR) is 122 cm³/mol. The number of sulfonamides is 1. The summed E-state index contributed by atoms with van der Waals surface area (Å²) in [6.45, 7) is 1.14. The first-order chi connectivity index (χ1) is 15.4. The number of para-hydroxylation sites is 1. The van der Waals surface area contributed by atoms with Crippen LogP contribution in [-0.4, -0.2) is 38.3 Å². The van der Waals surface area contributed by atoms with E-state index in [0.717, 1.165) is 49.7 Å². The van der Waals surface area contributed by atoms with Crippen LogP contribution in [0.2, 0.25) is 0 Å². The van der Waals surface area contributed by atoms with Gasteiger partial charge in [-0.05, 0) is 86.3 Å². The Hall–Kier alpha value is -2.25. The molecule has 2 aromatic carbocycles. The SMILES string of the molecule is O=C(C1CCN(S(=O)(=O)c2ccc3c(c2)CCCC3)CC1)N1CCCc2cccc(F)c21. The second-order valence-electron chi connectivity index (χ2n) is 9.16. The molecule has 0 N–H and O–H groups in total. The summed E-state index contributed by atoms with van der Waals surface area (Å²) in [5.74, 6) is -0.722. The molecule has 0 atom stereocenters. The van der Waals surface area contributed by atoms with Crippen LogP contribution in [0.5, 0.6) is 0 Å². The molecule has 1 fully saturated rings. The number of halogens is 1. The van der Waals surface area contributed by atoms with Gasteiger partial charge in [0.25, 0.3) is 0 Å². The molecule has 0 spiro atoms. The van der Waals surface area contributed by atoms with Gasteiger partial charge in [0.2, 0.25) is 15.9 Å². The van der Waals surface area contributed by atoms with Crippen molar-refractivity contribution in [3.8, 4) is 0 Å². The van der Waals surface area contributed by atoms with Gasteiger partial charge in [0, 0.05) is 25.6 Å². The Bertz CT molecular complexity index is 1140. The van der Waals surface area contributed by atoms with Gasteiger partial charge in [-0.3, -0.25) is 4.79 Å². The zero-order valence-electron chi connectivity index (χ0n) is 18.2. The van der Waals surface area contributed by atoms with Gasteiger partial charge in [-0.15, -0.1) is 0 Å². The molecule has 5 nitrogen and oxygen atoms in total. The molecule has 0 aromatic heterocycles. The molecule has 0 radical (unpaired) electrons. The molecule has 2 aliphatic heterocycles. The zero-order chi connectivity index (χ0) is 22.3. The van der Waals surface area contributed by atoms with Crippen molar-refractivity contribution in [1.82, 2.24) is 4.31 Å². The quantitative estimate of drug-likeness (QED) is 0.699. The third-order valence-electron chi connectivity index (χ3n) is 7.20. The number of piperidine rings is 1. The number of carbonyl (C=O) groups is 1. The van der Waals surface area contributed by atoms with E-state index in [-0.39, 0.29) is 17.6 Å². The molecule has 5 rings (SSSR count). The van der Waals surface area contributed by atoms with Gasteiger partial charge in [0.05, 0.1) is 10.6 Å². The van der Waals surface area contributed by atoms with Gasteiger partial charge in [-0.1, -0.05) is 18.2 Å². The minimum absolute atomic E-state index is 0.0816. The molecule has 1 amide bonds. The first-order valence-electron chi connectivity index (χ1n) is 11.7. The maximum Gasteiger partial charge on any atom is 0.243 e. The molecule has 0 saturated carbocycles. The van der Waals surface area contributed by atoms with E-state index in [4.69, 9.17) is 0 Å². The molecule has 2 heterocycles.